The molecule has 90 valence electrons. The lowest BCUT2D eigenvalue weighted by molar-refractivity contribution is 0.0697. The Morgan fingerprint density at radius 1 is 1.53 bits per heavy atom. The first-order valence-electron chi connectivity index (χ1n) is 5.39. The van der Waals surface area contributed by atoms with E-state index < -0.39 is 5.97 Å². The zero-order chi connectivity index (χ0) is 12.3. The third-order valence-electron chi connectivity index (χ3n) is 2.62. The lowest BCUT2D eigenvalue weighted by Gasteiger charge is -2.03. The van der Waals surface area contributed by atoms with Crippen LogP contribution in [-0.2, 0) is 11.3 Å². The van der Waals surface area contributed by atoms with Gasteiger partial charge in [-0.05, 0) is 24.6 Å². The van der Waals surface area contributed by atoms with Crippen LogP contribution < -0.4 is 0 Å². The summed E-state index contributed by atoms with van der Waals surface area (Å²) in [7, 11) is 1.67. The molecule has 0 aliphatic rings. The van der Waals surface area contributed by atoms with E-state index in [9.17, 15) is 4.79 Å². The standard InChI is InChI=1S/C12H14N2O3/c1-17-6-2-5-14-8-13-10-7-9(12(15)16)3-4-11(10)14/h3-4,7-8H,2,5-6H2,1H3,(H,15,16). The molecule has 5 heteroatoms. The van der Waals surface area contributed by atoms with E-state index in [1.807, 2.05) is 4.57 Å². The maximum absolute atomic E-state index is 10.8. The fourth-order valence-electron chi connectivity index (χ4n) is 1.75. The van der Waals surface area contributed by atoms with E-state index in [0.29, 0.717) is 12.1 Å². The van der Waals surface area contributed by atoms with E-state index in [0.717, 1.165) is 18.5 Å². The zero-order valence-electron chi connectivity index (χ0n) is 9.59. The van der Waals surface area contributed by atoms with Gasteiger partial charge in [-0.25, -0.2) is 9.78 Å². The Labute approximate surface area is 98.6 Å². The smallest absolute Gasteiger partial charge is 0.335 e. The first kappa shape index (κ1) is 11.6. The summed E-state index contributed by atoms with van der Waals surface area (Å²) in [5.41, 5.74) is 1.92. The summed E-state index contributed by atoms with van der Waals surface area (Å²) >= 11 is 0. The Kier molecular flexibility index (Phi) is 3.39. The van der Waals surface area contributed by atoms with Crippen LogP contribution in [0.5, 0.6) is 0 Å². The normalized spacial score (nSPS) is 10.9. The average molecular weight is 234 g/mol. The van der Waals surface area contributed by atoms with Gasteiger partial charge in [0.05, 0.1) is 22.9 Å². The molecule has 1 aromatic carbocycles. The Morgan fingerprint density at radius 2 is 2.35 bits per heavy atom. The summed E-state index contributed by atoms with van der Waals surface area (Å²) in [6.07, 6.45) is 2.63. The minimum Gasteiger partial charge on any atom is -0.478 e. The largest absolute Gasteiger partial charge is 0.478 e. The Balaban J connectivity index is 2.25. The molecule has 1 aromatic heterocycles. The molecule has 0 saturated carbocycles. The number of hydrogen-bond acceptors (Lipinski definition) is 3. The van der Waals surface area contributed by atoms with Gasteiger partial charge >= 0.3 is 5.97 Å². The van der Waals surface area contributed by atoms with Crippen molar-refractivity contribution in [2.45, 2.75) is 13.0 Å². The number of carbonyl (C=O) groups is 1. The molecule has 0 radical (unpaired) electrons. The second-order valence-corrected chi connectivity index (χ2v) is 3.79. The van der Waals surface area contributed by atoms with Gasteiger partial charge in [0.15, 0.2) is 0 Å². The molecule has 0 unspecified atom stereocenters. The second-order valence-electron chi connectivity index (χ2n) is 3.79. The molecule has 0 amide bonds. The molecule has 17 heavy (non-hydrogen) atoms. The number of benzene rings is 1. The molecule has 0 bridgehead atoms. The van der Waals surface area contributed by atoms with Crippen LogP contribution in [0.4, 0.5) is 0 Å². The van der Waals surface area contributed by atoms with Crippen molar-refractivity contribution in [1.29, 1.82) is 0 Å². The number of methoxy groups -OCH3 is 1. The third kappa shape index (κ3) is 2.45. The van der Waals surface area contributed by atoms with E-state index in [1.165, 1.54) is 0 Å². The highest BCUT2D eigenvalue weighted by Gasteiger charge is 2.07. The van der Waals surface area contributed by atoms with Crippen LogP contribution in [0.3, 0.4) is 0 Å². The average Bonchev–Trinajstić information content (AvgIpc) is 2.72. The van der Waals surface area contributed by atoms with E-state index in [4.69, 9.17) is 9.84 Å². The number of fused-ring (bicyclic) bond motifs is 1. The number of carboxylic acids is 1. The number of ether oxygens (including phenoxy) is 1. The van der Waals surface area contributed by atoms with Gasteiger partial charge in [-0.1, -0.05) is 0 Å². The molecule has 2 rings (SSSR count). The molecule has 1 heterocycles. The van der Waals surface area contributed by atoms with E-state index >= 15 is 0 Å². The number of nitrogens with zero attached hydrogens (tertiary/aromatic N) is 2. The van der Waals surface area contributed by atoms with Crippen LogP contribution >= 0.6 is 0 Å². The van der Waals surface area contributed by atoms with Gasteiger partial charge in [0.1, 0.15) is 0 Å². The Bertz CT molecular complexity index is 534. The SMILES string of the molecule is COCCCn1cnc2cc(C(=O)O)ccc21. The maximum Gasteiger partial charge on any atom is 0.335 e. The number of carboxylic acid groups (broad SMARTS) is 1. The maximum atomic E-state index is 10.8. The van der Waals surface area contributed by atoms with Crippen LogP contribution in [0, 0.1) is 0 Å². The predicted octanol–water partition coefficient (Wildman–Crippen LogP) is 1.77. The minimum absolute atomic E-state index is 0.264. The van der Waals surface area contributed by atoms with Gasteiger partial charge in [0.25, 0.3) is 0 Å². The van der Waals surface area contributed by atoms with E-state index in [2.05, 4.69) is 4.98 Å². The summed E-state index contributed by atoms with van der Waals surface area (Å²) in [5, 5.41) is 8.87. The number of rotatable bonds is 5. The molecule has 5 nitrogen and oxygen atoms in total. The highest BCUT2D eigenvalue weighted by molar-refractivity contribution is 5.92. The Hall–Kier alpha value is -1.88. The fraction of sp³-hybridized carbons (Fsp3) is 0.333. The van der Waals surface area contributed by atoms with Gasteiger partial charge in [0.2, 0.25) is 0 Å². The molecule has 0 aliphatic carbocycles. The molecule has 0 fully saturated rings. The lowest BCUT2D eigenvalue weighted by atomic mass is 10.2. The van der Waals surface area contributed by atoms with Crippen LogP contribution in [0.2, 0.25) is 0 Å². The highest BCUT2D eigenvalue weighted by atomic mass is 16.5. The first-order valence-corrected chi connectivity index (χ1v) is 5.39. The van der Waals surface area contributed by atoms with E-state index in [-0.39, 0.29) is 5.56 Å². The quantitative estimate of drug-likeness (QED) is 0.801. The van der Waals surface area contributed by atoms with Gasteiger partial charge < -0.3 is 14.4 Å². The third-order valence-corrected chi connectivity index (χ3v) is 2.62. The number of aromatic nitrogens is 2. The van der Waals surface area contributed by atoms with Crippen molar-refractivity contribution < 1.29 is 14.6 Å². The van der Waals surface area contributed by atoms with Crippen LogP contribution in [0.1, 0.15) is 16.8 Å². The summed E-state index contributed by atoms with van der Waals surface area (Å²) in [4.78, 5) is 15.0. The molecule has 0 spiro atoms. The van der Waals surface area contributed by atoms with Gasteiger partial charge in [-0.3, -0.25) is 0 Å². The van der Waals surface area contributed by atoms with Crippen LogP contribution in [0.25, 0.3) is 11.0 Å². The molecule has 1 N–H and O–H groups in total. The van der Waals surface area contributed by atoms with Crippen molar-refractivity contribution in [2.24, 2.45) is 0 Å². The molecule has 0 atom stereocenters. The molecular formula is C12H14N2O3. The lowest BCUT2D eigenvalue weighted by Crippen LogP contribution is -2.00. The van der Waals surface area contributed by atoms with Crippen molar-refractivity contribution in [1.82, 2.24) is 9.55 Å². The highest BCUT2D eigenvalue weighted by Crippen LogP contribution is 2.15. The second kappa shape index (κ2) is 4.97. The van der Waals surface area contributed by atoms with E-state index in [1.54, 1.807) is 31.6 Å². The van der Waals surface area contributed by atoms with Crippen LogP contribution in [-0.4, -0.2) is 34.3 Å². The number of aromatic carboxylic acids is 1. The zero-order valence-corrected chi connectivity index (χ0v) is 9.59. The number of imidazole rings is 1. The van der Waals surface area contributed by atoms with Crippen molar-refractivity contribution in [2.75, 3.05) is 13.7 Å². The van der Waals surface area contributed by atoms with Gasteiger partial charge in [0, 0.05) is 20.3 Å². The Morgan fingerprint density at radius 3 is 3.06 bits per heavy atom. The van der Waals surface area contributed by atoms with Crippen molar-refractivity contribution >= 4 is 17.0 Å². The topological polar surface area (TPSA) is 64.4 Å². The van der Waals surface area contributed by atoms with Gasteiger partial charge in [-0.15, -0.1) is 0 Å². The predicted molar refractivity (Wildman–Crippen MR) is 63.2 cm³/mol. The molecule has 0 saturated heterocycles. The van der Waals surface area contributed by atoms with Gasteiger partial charge in [-0.2, -0.15) is 0 Å². The molecule has 2 aromatic rings. The number of aryl methyl sites for hydroxylation is 1. The first-order chi connectivity index (χ1) is 8.22. The van der Waals surface area contributed by atoms with Crippen molar-refractivity contribution in [3.8, 4) is 0 Å². The summed E-state index contributed by atoms with van der Waals surface area (Å²) in [6.45, 7) is 1.52. The fourth-order valence-corrected chi connectivity index (χ4v) is 1.75. The summed E-state index contributed by atoms with van der Waals surface area (Å²) in [6, 6.07) is 4.97. The number of hydrogen-bond donors (Lipinski definition) is 1. The van der Waals surface area contributed by atoms with Crippen LogP contribution in [0.15, 0.2) is 24.5 Å². The summed E-state index contributed by atoms with van der Waals surface area (Å²) in [5.74, 6) is -0.930. The monoisotopic (exact) mass is 234 g/mol. The summed E-state index contributed by atoms with van der Waals surface area (Å²) < 4.78 is 6.99. The van der Waals surface area contributed by atoms with Crippen molar-refractivity contribution in [3.05, 3.63) is 30.1 Å². The van der Waals surface area contributed by atoms with Crippen molar-refractivity contribution in [3.63, 3.8) is 0 Å². The molecular weight excluding hydrogens is 220 g/mol. The minimum atomic E-state index is -0.930. The molecule has 0 aliphatic heterocycles.